The molecule has 24 heteroatoms. The van der Waals surface area contributed by atoms with E-state index in [4.69, 9.17) is 30.6 Å². The van der Waals surface area contributed by atoms with Crippen LogP contribution in [0.1, 0.15) is 33.3 Å². The van der Waals surface area contributed by atoms with Crippen molar-refractivity contribution in [1.29, 1.82) is 0 Å². The van der Waals surface area contributed by atoms with Crippen LogP contribution in [0.3, 0.4) is 0 Å². The Bertz CT molecular complexity index is 1320. The first kappa shape index (κ1) is 64.3. The second-order valence-electron chi connectivity index (χ2n) is 19.3. The number of benzene rings is 1. The summed E-state index contributed by atoms with van der Waals surface area (Å²) in [5.41, 5.74) is 1.21. The summed E-state index contributed by atoms with van der Waals surface area (Å²) in [4.78, 5) is 0. The molecule has 0 aromatic heterocycles. The van der Waals surface area contributed by atoms with Gasteiger partial charge in [-0.15, -0.1) is 0 Å². The van der Waals surface area contributed by atoms with Crippen LogP contribution < -0.4 is 31.9 Å². The molecule has 0 aliphatic carbocycles. The monoisotopic (exact) mass is 1020 g/mol. The van der Waals surface area contributed by atoms with Gasteiger partial charge in [-0.1, -0.05) is 30.3 Å². The normalized spacial score (nSPS) is 39.4. The van der Waals surface area contributed by atoms with E-state index in [1.54, 1.807) is 20.8 Å². The molecule has 6 aliphatic rings. The largest absolute Gasteiger partial charge is 0.393 e. The first-order chi connectivity index (χ1) is 32.9. The molecule has 0 spiro atoms. The lowest BCUT2D eigenvalue weighted by molar-refractivity contribution is -0.0841. The Hall–Kier alpha value is -1.83. The van der Waals surface area contributed by atoms with E-state index < -0.39 is 116 Å². The van der Waals surface area contributed by atoms with Gasteiger partial charge in [-0.2, -0.15) is 0 Å². The van der Waals surface area contributed by atoms with Gasteiger partial charge in [0.2, 0.25) is 6.43 Å². The van der Waals surface area contributed by atoms with Crippen molar-refractivity contribution in [2.24, 2.45) is 35.5 Å². The number of alkyl halides is 3. The van der Waals surface area contributed by atoms with Gasteiger partial charge in [0.05, 0.1) is 97.5 Å². The summed E-state index contributed by atoms with van der Waals surface area (Å²) in [7, 11) is 0. The summed E-state index contributed by atoms with van der Waals surface area (Å²) in [6.45, 7) is 11.5. The lowest BCUT2D eigenvalue weighted by atomic mass is 9.88. The second-order valence-corrected chi connectivity index (χ2v) is 19.3. The highest BCUT2D eigenvalue weighted by molar-refractivity contribution is 5.16. The minimum atomic E-state index is -2.58. The van der Waals surface area contributed by atoms with E-state index >= 15 is 0 Å². The van der Waals surface area contributed by atoms with E-state index in [9.17, 15) is 59.1 Å². The molecule has 21 N–H and O–H groups in total. The molecule has 70 heavy (non-hydrogen) atoms. The highest BCUT2D eigenvalue weighted by atomic mass is 19.3. The number of hydrogen-bond donors (Lipinski definition) is 21. The van der Waals surface area contributed by atoms with Gasteiger partial charge < -0.3 is 108 Å². The number of nitrogens with one attached hydrogen (secondary N) is 6. The van der Waals surface area contributed by atoms with Gasteiger partial charge in [-0.3, -0.25) is 0 Å². The van der Waals surface area contributed by atoms with Crippen LogP contribution in [-0.4, -0.2) is 259 Å². The predicted octanol–water partition coefficient (Wildman–Crippen LogP) is -6.43. The topological polar surface area (TPSA) is 376 Å². The third-order valence-corrected chi connectivity index (χ3v) is 13.6. The van der Waals surface area contributed by atoms with E-state index in [1.165, 1.54) is 12.5 Å². The standard InChI is InChI=1S/C12H17NO2.C7H14FNO2.3C7H15NO3.C6H11F2NO2/c14-11-8-13-7-10(12(11)15)6-9-4-2-1-3-5-9;1-4(8)5-2-9-3-6(10)7(5)11;3*1-4(9)5-2-8-3-6(10)7(5)11;7-6(8)3-1-9-2-4(10)5(3)11/h1-5,10-15H,6-8H2;4-7,9-11H,2-3H2,1H3;3*4-11H,2-3H2,1H3;3-6,9-11H,1-2H2/t10-,11+,12+;2*4?,5-,6-,7-;4-,5+,6+,7+;4-,5-,6-,7-;3-,4+,5+/m011010/s1. The smallest absolute Gasteiger partial charge is 0.245 e. The number of halogens is 3. The van der Waals surface area contributed by atoms with Crippen molar-refractivity contribution in [1.82, 2.24) is 31.9 Å². The fourth-order valence-corrected chi connectivity index (χ4v) is 8.75. The minimum absolute atomic E-state index is 0.0654. The number of rotatable bonds is 7. The van der Waals surface area contributed by atoms with Crippen molar-refractivity contribution in [3.05, 3.63) is 35.9 Å². The number of piperidine rings is 6. The summed E-state index contributed by atoms with van der Waals surface area (Å²) in [5.74, 6) is -2.26. The zero-order chi connectivity index (χ0) is 52.8. The number of aliphatic hydroxyl groups is 15. The van der Waals surface area contributed by atoms with Crippen molar-refractivity contribution < 1.29 is 89.8 Å². The Labute approximate surface area is 409 Å². The molecule has 0 amide bonds. The van der Waals surface area contributed by atoms with Gasteiger partial charge in [-0.25, -0.2) is 13.2 Å². The van der Waals surface area contributed by atoms with Crippen molar-refractivity contribution >= 4 is 0 Å². The summed E-state index contributed by atoms with van der Waals surface area (Å²) in [6, 6.07) is 10.1. The molecule has 6 fully saturated rings. The van der Waals surface area contributed by atoms with Gasteiger partial charge in [-0.05, 0) is 39.7 Å². The predicted molar refractivity (Wildman–Crippen MR) is 252 cm³/mol. The van der Waals surface area contributed by atoms with Gasteiger partial charge in [0, 0.05) is 108 Å². The highest BCUT2D eigenvalue weighted by Crippen LogP contribution is 2.21. The molecule has 0 bridgehead atoms. The number of aliphatic hydroxyl groups excluding tert-OH is 15. The number of β-amino-alcohol motifs (C(OH)–C–C–N with tert-alkyl or cyclic N) is 6. The van der Waals surface area contributed by atoms with Crippen LogP contribution >= 0.6 is 0 Å². The Kier molecular flexibility index (Phi) is 30.5. The Morgan fingerprint density at radius 1 is 0.386 bits per heavy atom. The maximum atomic E-state index is 12.7. The average Bonchev–Trinajstić information content (AvgIpc) is 3.31. The molecule has 1 aromatic carbocycles. The minimum Gasteiger partial charge on any atom is -0.393 e. The molecule has 2 unspecified atom stereocenters. The molecule has 6 saturated heterocycles. The van der Waals surface area contributed by atoms with Crippen LogP contribution in [0.2, 0.25) is 0 Å². The second kappa shape index (κ2) is 33.2. The SMILES string of the molecule is CC(F)[C@H]1CNC[C@@H](O)[C@@H]1O.CC(O)[C@H]1CNC[C@@H](O)[C@@H]1O.C[C@@H](O)[C@H]1CNC[C@@H](O)[C@@H]1O.C[C@H](O)[C@H]1CNC[C@@H](O)[C@@H]1O.O[C@@H]1[C@@H](Cc2ccccc2)CNC[C@H]1O.O[C@H]1[C@H](O)CNC[C@@H]1C(F)F. The van der Waals surface area contributed by atoms with E-state index in [-0.39, 0.29) is 36.8 Å². The van der Waals surface area contributed by atoms with E-state index in [0.29, 0.717) is 58.9 Å². The van der Waals surface area contributed by atoms with Gasteiger partial charge in [0.25, 0.3) is 0 Å². The van der Waals surface area contributed by atoms with Gasteiger partial charge in [0.15, 0.2) is 0 Å². The maximum Gasteiger partial charge on any atom is 0.245 e. The summed E-state index contributed by atoms with van der Waals surface area (Å²) in [6.07, 6.45) is -14.5. The molecule has 0 saturated carbocycles. The maximum absolute atomic E-state index is 12.7. The highest BCUT2D eigenvalue weighted by Gasteiger charge is 2.38. The quantitative estimate of drug-likeness (QED) is 0.121. The third kappa shape index (κ3) is 21.6. The Morgan fingerprint density at radius 2 is 0.657 bits per heavy atom. The Morgan fingerprint density at radius 3 is 0.929 bits per heavy atom. The first-order valence-corrected chi connectivity index (χ1v) is 24.3. The van der Waals surface area contributed by atoms with Crippen molar-refractivity contribution in [3.63, 3.8) is 0 Å². The van der Waals surface area contributed by atoms with Crippen LogP contribution in [0, 0.1) is 35.5 Å². The third-order valence-electron chi connectivity index (χ3n) is 13.6. The average molecular weight is 1020 g/mol. The molecule has 21 nitrogen and oxygen atoms in total. The van der Waals surface area contributed by atoms with E-state index in [1.807, 2.05) is 30.3 Å². The molecule has 1 aromatic rings. The fraction of sp³-hybridized carbons (Fsp3) is 0.870. The van der Waals surface area contributed by atoms with Crippen LogP contribution in [0.4, 0.5) is 13.2 Å². The lowest BCUT2D eigenvalue weighted by Crippen LogP contribution is -2.53. The van der Waals surface area contributed by atoms with Crippen molar-refractivity contribution in [2.45, 2.75) is 138 Å². The zero-order valence-electron chi connectivity index (χ0n) is 40.7. The van der Waals surface area contributed by atoms with Crippen molar-refractivity contribution in [3.8, 4) is 0 Å². The van der Waals surface area contributed by atoms with Crippen LogP contribution in [-0.2, 0) is 6.42 Å². The van der Waals surface area contributed by atoms with Gasteiger partial charge >= 0.3 is 0 Å². The molecular weight excluding hydrogens is 934 g/mol. The summed E-state index contributed by atoms with van der Waals surface area (Å²) < 4.78 is 36.8. The molecule has 6 aliphatic heterocycles. The number of hydrogen-bond acceptors (Lipinski definition) is 21. The lowest BCUT2D eigenvalue weighted by Gasteiger charge is -2.34. The fourth-order valence-electron chi connectivity index (χ4n) is 8.75. The van der Waals surface area contributed by atoms with Crippen LogP contribution in [0.15, 0.2) is 30.3 Å². The molecule has 22 atom stereocenters. The summed E-state index contributed by atoms with van der Waals surface area (Å²) in [5, 5.41) is 156. The summed E-state index contributed by atoms with van der Waals surface area (Å²) >= 11 is 0. The van der Waals surface area contributed by atoms with E-state index in [2.05, 4.69) is 31.9 Å². The molecule has 412 valence electrons. The molecule has 6 heterocycles. The van der Waals surface area contributed by atoms with Crippen molar-refractivity contribution in [2.75, 3.05) is 78.5 Å². The first-order valence-electron chi connectivity index (χ1n) is 24.3. The zero-order valence-corrected chi connectivity index (χ0v) is 40.7. The molecule has 7 rings (SSSR count). The molecule has 0 radical (unpaired) electrons. The van der Waals surface area contributed by atoms with E-state index in [0.717, 1.165) is 13.0 Å². The van der Waals surface area contributed by atoms with Crippen LogP contribution in [0.25, 0.3) is 0 Å². The molecular formula is C46H87F3N6O15. The Balaban J connectivity index is 0.000000289. The van der Waals surface area contributed by atoms with Crippen LogP contribution in [0.5, 0.6) is 0 Å². The van der Waals surface area contributed by atoms with Gasteiger partial charge in [0.1, 0.15) is 6.17 Å².